The lowest BCUT2D eigenvalue weighted by Crippen LogP contribution is -2.32. The Labute approximate surface area is 82.2 Å². The highest BCUT2D eigenvalue weighted by atomic mass is 19.1. The lowest BCUT2D eigenvalue weighted by Gasteiger charge is -2.23. The summed E-state index contributed by atoms with van der Waals surface area (Å²) in [4.78, 5) is 0. The van der Waals surface area contributed by atoms with E-state index in [9.17, 15) is 8.78 Å². The molecule has 0 bridgehead atoms. The molecular formula is C11H13F2N. The molecule has 0 aromatic heterocycles. The van der Waals surface area contributed by atoms with Crippen LogP contribution in [0, 0.1) is 11.6 Å². The fourth-order valence-electron chi connectivity index (χ4n) is 1.30. The summed E-state index contributed by atoms with van der Waals surface area (Å²) < 4.78 is 25.8. The van der Waals surface area contributed by atoms with Gasteiger partial charge in [0.15, 0.2) is 0 Å². The van der Waals surface area contributed by atoms with Crippen LogP contribution >= 0.6 is 0 Å². The van der Waals surface area contributed by atoms with E-state index in [1.807, 2.05) is 0 Å². The summed E-state index contributed by atoms with van der Waals surface area (Å²) in [7, 11) is 0. The molecule has 0 aliphatic rings. The molecule has 0 aliphatic carbocycles. The van der Waals surface area contributed by atoms with Crippen molar-refractivity contribution >= 4 is 0 Å². The summed E-state index contributed by atoms with van der Waals surface area (Å²) >= 11 is 0. The lowest BCUT2D eigenvalue weighted by molar-refractivity contribution is 0.488. The maximum atomic E-state index is 12.9. The van der Waals surface area contributed by atoms with E-state index in [0.29, 0.717) is 12.0 Å². The van der Waals surface area contributed by atoms with Gasteiger partial charge in [-0.1, -0.05) is 6.08 Å². The van der Waals surface area contributed by atoms with Crippen LogP contribution in [-0.2, 0) is 5.54 Å². The van der Waals surface area contributed by atoms with Gasteiger partial charge in [-0.25, -0.2) is 8.78 Å². The quantitative estimate of drug-likeness (QED) is 0.741. The summed E-state index contributed by atoms with van der Waals surface area (Å²) in [6, 6.07) is 3.31. The monoisotopic (exact) mass is 197 g/mol. The molecule has 1 aromatic rings. The number of hydrogen-bond donors (Lipinski definition) is 1. The third-order valence-electron chi connectivity index (χ3n) is 2.09. The molecule has 0 radical (unpaired) electrons. The van der Waals surface area contributed by atoms with Gasteiger partial charge in [0.05, 0.1) is 0 Å². The third kappa shape index (κ3) is 2.39. The van der Waals surface area contributed by atoms with E-state index in [-0.39, 0.29) is 0 Å². The Morgan fingerprint density at radius 2 is 1.86 bits per heavy atom. The van der Waals surface area contributed by atoms with E-state index in [2.05, 4.69) is 6.58 Å². The van der Waals surface area contributed by atoms with Crippen LogP contribution in [0.2, 0.25) is 0 Å². The Balaban J connectivity index is 3.11. The van der Waals surface area contributed by atoms with Gasteiger partial charge in [-0.15, -0.1) is 6.58 Å². The van der Waals surface area contributed by atoms with E-state index >= 15 is 0 Å². The number of rotatable bonds is 3. The van der Waals surface area contributed by atoms with E-state index in [1.165, 1.54) is 12.1 Å². The zero-order valence-electron chi connectivity index (χ0n) is 8.06. The van der Waals surface area contributed by atoms with Crippen LogP contribution < -0.4 is 5.73 Å². The first-order valence-electron chi connectivity index (χ1n) is 4.32. The van der Waals surface area contributed by atoms with Crippen LogP contribution in [0.25, 0.3) is 0 Å². The van der Waals surface area contributed by atoms with Crippen molar-refractivity contribution in [2.75, 3.05) is 0 Å². The van der Waals surface area contributed by atoms with Crippen molar-refractivity contribution in [2.45, 2.75) is 18.9 Å². The Bertz CT molecular complexity index is 325. The highest BCUT2D eigenvalue weighted by Gasteiger charge is 2.20. The third-order valence-corrected chi connectivity index (χ3v) is 2.09. The van der Waals surface area contributed by atoms with Gasteiger partial charge in [-0.3, -0.25) is 0 Å². The number of hydrogen-bond acceptors (Lipinski definition) is 1. The van der Waals surface area contributed by atoms with Crippen LogP contribution in [0.3, 0.4) is 0 Å². The molecule has 3 heteroatoms. The summed E-state index contributed by atoms with van der Waals surface area (Å²) in [5.74, 6) is -1.22. The molecule has 76 valence electrons. The SMILES string of the molecule is C=CC[C@](C)(N)c1cc(F)cc(F)c1. The largest absolute Gasteiger partial charge is 0.321 e. The van der Waals surface area contributed by atoms with E-state index in [0.717, 1.165) is 6.07 Å². The van der Waals surface area contributed by atoms with Gasteiger partial charge in [0.2, 0.25) is 0 Å². The van der Waals surface area contributed by atoms with Crippen LogP contribution in [-0.4, -0.2) is 0 Å². The van der Waals surface area contributed by atoms with E-state index in [1.54, 1.807) is 13.0 Å². The summed E-state index contributed by atoms with van der Waals surface area (Å²) in [6.45, 7) is 5.26. The van der Waals surface area contributed by atoms with Crippen molar-refractivity contribution in [3.63, 3.8) is 0 Å². The first-order valence-corrected chi connectivity index (χ1v) is 4.32. The molecule has 14 heavy (non-hydrogen) atoms. The van der Waals surface area contributed by atoms with Gasteiger partial charge in [-0.05, 0) is 31.0 Å². The molecule has 0 aliphatic heterocycles. The molecular weight excluding hydrogens is 184 g/mol. The molecule has 0 amide bonds. The molecule has 2 N–H and O–H groups in total. The maximum absolute atomic E-state index is 12.9. The molecule has 0 spiro atoms. The van der Waals surface area contributed by atoms with Gasteiger partial charge in [0.25, 0.3) is 0 Å². The summed E-state index contributed by atoms with van der Waals surface area (Å²) in [5.41, 5.74) is 5.55. The van der Waals surface area contributed by atoms with Gasteiger partial charge >= 0.3 is 0 Å². The second kappa shape index (κ2) is 3.88. The predicted octanol–water partition coefficient (Wildman–Crippen LogP) is 2.71. The predicted molar refractivity (Wildman–Crippen MR) is 52.7 cm³/mol. The lowest BCUT2D eigenvalue weighted by atomic mass is 9.90. The smallest absolute Gasteiger partial charge is 0.126 e. The van der Waals surface area contributed by atoms with Crippen molar-refractivity contribution in [1.29, 1.82) is 0 Å². The second-order valence-electron chi connectivity index (χ2n) is 3.57. The number of halogens is 2. The molecule has 0 unspecified atom stereocenters. The molecule has 0 fully saturated rings. The molecule has 1 nitrogen and oxygen atoms in total. The molecule has 1 atom stereocenters. The van der Waals surface area contributed by atoms with Gasteiger partial charge in [0.1, 0.15) is 11.6 Å². The zero-order valence-corrected chi connectivity index (χ0v) is 8.06. The fourth-order valence-corrected chi connectivity index (χ4v) is 1.30. The highest BCUT2D eigenvalue weighted by molar-refractivity contribution is 5.25. The van der Waals surface area contributed by atoms with Crippen LogP contribution in [0.5, 0.6) is 0 Å². The fraction of sp³-hybridized carbons (Fsp3) is 0.273. The maximum Gasteiger partial charge on any atom is 0.126 e. The molecule has 1 rings (SSSR count). The average molecular weight is 197 g/mol. The standard InChI is InChI=1S/C11H13F2N/c1-3-4-11(2,14)8-5-9(12)7-10(13)6-8/h3,5-7H,1,4,14H2,2H3/t11-/m0/s1. The van der Waals surface area contributed by atoms with Crippen LogP contribution in [0.15, 0.2) is 30.9 Å². The van der Waals surface area contributed by atoms with Crippen LogP contribution in [0.4, 0.5) is 8.78 Å². The second-order valence-corrected chi connectivity index (χ2v) is 3.57. The first kappa shape index (κ1) is 10.9. The molecule has 0 saturated heterocycles. The van der Waals surface area contributed by atoms with Crippen molar-refractivity contribution in [3.05, 3.63) is 48.1 Å². The van der Waals surface area contributed by atoms with Gasteiger partial charge < -0.3 is 5.73 Å². The van der Waals surface area contributed by atoms with Gasteiger partial charge in [-0.2, -0.15) is 0 Å². The zero-order chi connectivity index (χ0) is 10.8. The van der Waals surface area contributed by atoms with Crippen LogP contribution in [0.1, 0.15) is 18.9 Å². The summed E-state index contributed by atoms with van der Waals surface area (Å²) in [5, 5.41) is 0. The van der Waals surface area contributed by atoms with Crippen molar-refractivity contribution in [3.8, 4) is 0 Å². The Hall–Kier alpha value is -1.22. The van der Waals surface area contributed by atoms with Crippen molar-refractivity contribution in [1.82, 2.24) is 0 Å². The normalized spacial score (nSPS) is 14.9. The molecule has 1 aromatic carbocycles. The Morgan fingerprint density at radius 3 is 2.29 bits per heavy atom. The molecule has 0 heterocycles. The topological polar surface area (TPSA) is 26.0 Å². The minimum atomic E-state index is -0.773. The number of benzene rings is 1. The van der Waals surface area contributed by atoms with Gasteiger partial charge in [0, 0.05) is 11.6 Å². The van der Waals surface area contributed by atoms with Crippen molar-refractivity contribution < 1.29 is 8.78 Å². The molecule has 0 saturated carbocycles. The first-order chi connectivity index (χ1) is 6.45. The highest BCUT2D eigenvalue weighted by Crippen LogP contribution is 2.23. The Kier molecular flexibility index (Phi) is 3.01. The van der Waals surface area contributed by atoms with E-state index < -0.39 is 17.2 Å². The minimum absolute atomic E-state index is 0.440. The van der Waals surface area contributed by atoms with E-state index in [4.69, 9.17) is 5.73 Å². The number of nitrogens with two attached hydrogens (primary N) is 1. The minimum Gasteiger partial charge on any atom is -0.321 e. The summed E-state index contributed by atoms with van der Waals surface area (Å²) in [6.07, 6.45) is 2.10. The average Bonchev–Trinajstić information content (AvgIpc) is 2.02. The Morgan fingerprint density at radius 1 is 1.36 bits per heavy atom. The van der Waals surface area contributed by atoms with Crippen molar-refractivity contribution in [2.24, 2.45) is 5.73 Å².